The van der Waals surface area contributed by atoms with Crippen LogP contribution in [-0.2, 0) is 4.74 Å². The molecule has 0 unspecified atom stereocenters. The highest BCUT2D eigenvalue weighted by Crippen LogP contribution is 2.04. The van der Waals surface area contributed by atoms with Gasteiger partial charge < -0.3 is 10.1 Å². The molecule has 0 radical (unpaired) electrons. The molecular formula is C13H15NO2. The third-order valence-corrected chi connectivity index (χ3v) is 1.89. The number of hydrogen-bond donors (Lipinski definition) is 1. The fourth-order valence-corrected chi connectivity index (χ4v) is 1.14. The Labute approximate surface area is 95.8 Å². The lowest BCUT2D eigenvalue weighted by Crippen LogP contribution is -2.05. The van der Waals surface area contributed by atoms with Gasteiger partial charge in [-0.25, -0.2) is 4.79 Å². The molecule has 0 atom stereocenters. The maximum Gasteiger partial charge on any atom is 0.338 e. The molecule has 0 aliphatic carbocycles. The van der Waals surface area contributed by atoms with Crippen molar-refractivity contribution in [2.24, 2.45) is 0 Å². The van der Waals surface area contributed by atoms with Gasteiger partial charge in [-0.2, -0.15) is 0 Å². The zero-order chi connectivity index (χ0) is 11.8. The van der Waals surface area contributed by atoms with Gasteiger partial charge in [-0.1, -0.05) is 11.8 Å². The van der Waals surface area contributed by atoms with Gasteiger partial charge in [0.1, 0.15) is 0 Å². The second kappa shape index (κ2) is 6.65. The highest BCUT2D eigenvalue weighted by atomic mass is 16.5. The van der Waals surface area contributed by atoms with Crippen molar-refractivity contribution in [3.63, 3.8) is 0 Å². The number of hydrogen-bond acceptors (Lipinski definition) is 3. The van der Waals surface area contributed by atoms with Crippen LogP contribution in [0.3, 0.4) is 0 Å². The first-order chi connectivity index (χ1) is 7.77. The molecule has 1 aromatic rings. The lowest BCUT2D eigenvalue weighted by Gasteiger charge is -2.00. The van der Waals surface area contributed by atoms with Crippen LogP contribution in [0.1, 0.15) is 22.8 Å². The van der Waals surface area contributed by atoms with Crippen molar-refractivity contribution in [2.45, 2.75) is 6.92 Å². The van der Waals surface area contributed by atoms with Gasteiger partial charge in [-0.3, -0.25) is 0 Å². The van der Waals surface area contributed by atoms with Gasteiger partial charge in [-0.15, -0.1) is 0 Å². The fraction of sp³-hybridized carbons (Fsp3) is 0.308. The molecule has 0 saturated carbocycles. The van der Waals surface area contributed by atoms with Crippen LogP contribution in [0.4, 0.5) is 0 Å². The van der Waals surface area contributed by atoms with E-state index in [2.05, 4.69) is 17.2 Å². The first kappa shape index (κ1) is 12.3. The lowest BCUT2D eigenvalue weighted by atomic mass is 10.1. The summed E-state index contributed by atoms with van der Waals surface area (Å²) < 4.78 is 4.88. The van der Waals surface area contributed by atoms with Crippen molar-refractivity contribution in [2.75, 3.05) is 20.2 Å². The van der Waals surface area contributed by atoms with Crippen molar-refractivity contribution >= 4 is 5.97 Å². The Morgan fingerprint density at radius 2 is 2.06 bits per heavy atom. The van der Waals surface area contributed by atoms with Crippen molar-refractivity contribution in [3.8, 4) is 11.8 Å². The quantitative estimate of drug-likeness (QED) is 0.615. The second-order valence-electron chi connectivity index (χ2n) is 3.13. The topological polar surface area (TPSA) is 38.3 Å². The van der Waals surface area contributed by atoms with Crippen LogP contribution in [0.25, 0.3) is 0 Å². The molecule has 1 N–H and O–H groups in total. The Hall–Kier alpha value is -1.79. The molecule has 16 heavy (non-hydrogen) atoms. The van der Waals surface area contributed by atoms with Crippen molar-refractivity contribution in [1.29, 1.82) is 0 Å². The third-order valence-electron chi connectivity index (χ3n) is 1.89. The number of esters is 1. The second-order valence-corrected chi connectivity index (χ2v) is 3.13. The van der Waals surface area contributed by atoms with Gasteiger partial charge in [0.05, 0.1) is 18.7 Å². The van der Waals surface area contributed by atoms with Crippen LogP contribution in [0.2, 0.25) is 0 Å². The maximum atomic E-state index is 11.3. The molecule has 0 aliphatic heterocycles. The molecule has 0 bridgehead atoms. The first-order valence-electron chi connectivity index (χ1n) is 5.18. The summed E-state index contributed by atoms with van der Waals surface area (Å²) in [6.07, 6.45) is 0. The normalized spacial score (nSPS) is 9.12. The van der Waals surface area contributed by atoms with Gasteiger partial charge in [0, 0.05) is 5.56 Å². The minimum atomic E-state index is -0.294. The average Bonchev–Trinajstić information content (AvgIpc) is 2.30. The Balaban J connectivity index is 2.69. The number of ether oxygens (including phenoxy) is 1. The molecule has 0 aromatic heterocycles. The van der Waals surface area contributed by atoms with E-state index in [0.29, 0.717) is 18.7 Å². The Morgan fingerprint density at radius 3 is 2.62 bits per heavy atom. The maximum absolute atomic E-state index is 11.3. The van der Waals surface area contributed by atoms with Gasteiger partial charge in [-0.05, 0) is 38.2 Å². The zero-order valence-electron chi connectivity index (χ0n) is 9.54. The van der Waals surface area contributed by atoms with Crippen LogP contribution >= 0.6 is 0 Å². The lowest BCUT2D eigenvalue weighted by molar-refractivity contribution is 0.0526. The number of rotatable bonds is 3. The molecule has 0 spiro atoms. The number of carbonyl (C=O) groups excluding carboxylic acids is 1. The Kier molecular flexibility index (Phi) is 5.10. The van der Waals surface area contributed by atoms with E-state index < -0.39 is 0 Å². The van der Waals surface area contributed by atoms with E-state index in [0.717, 1.165) is 5.56 Å². The largest absolute Gasteiger partial charge is 0.462 e. The standard InChI is InChI=1S/C13H15NO2/c1-3-16-13(15)12-8-6-11(7-9-12)5-4-10-14-2/h6-9,14H,3,10H2,1-2H3. The summed E-state index contributed by atoms with van der Waals surface area (Å²) in [5.74, 6) is 5.63. The molecule has 1 rings (SSSR count). The van der Waals surface area contributed by atoms with Crippen LogP contribution in [-0.4, -0.2) is 26.2 Å². The Morgan fingerprint density at radius 1 is 1.38 bits per heavy atom. The van der Waals surface area contributed by atoms with Crippen molar-refractivity contribution in [1.82, 2.24) is 5.32 Å². The molecule has 0 fully saturated rings. The molecule has 0 saturated heterocycles. The summed E-state index contributed by atoms with van der Waals surface area (Å²) in [6, 6.07) is 7.08. The van der Waals surface area contributed by atoms with E-state index in [9.17, 15) is 4.79 Å². The summed E-state index contributed by atoms with van der Waals surface area (Å²) in [5, 5.41) is 2.94. The van der Waals surface area contributed by atoms with Crippen LogP contribution < -0.4 is 5.32 Å². The van der Waals surface area contributed by atoms with Crippen molar-refractivity contribution < 1.29 is 9.53 Å². The molecule has 3 heteroatoms. The summed E-state index contributed by atoms with van der Waals surface area (Å²) in [5.41, 5.74) is 1.45. The van der Waals surface area contributed by atoms with Crippen molar-refractivity contribution in [3.05, 3.63) is 35.4 Å². The van der Waals surface area contributed by atoms with Gasteiger partial charge in [0.2, 0.25) is 0 Å². The highest BCUT2D eigenvalue weighted by molar-refractivity contribution is 5.89. The molecule has 0 heterocycles. The first-order valence-corrected chi connectivity index (χ1v) is 5.18. The van der Waals surface area contributed by atoms with E-state index in [1.807, 2.05) is 19.2 Å². The predicted molar refractivity (Wildman–Crippen MR) is 63.2 cm³/mol. The molecule has 3 nitrogen and oxygen atoms in total. The summed E-state index contributed by atoms with van der Waals surface area (Å²) >= 11 is 0. The van der Waals surface area contributed by atoms with Crippen LogP contribution in [0.15, 0.2) is 24.3 Å². The summed E-state index contributed by atoms with van der Waals surface area (Å²) in [7, 11) is 1.85. The minimum absolute atomic E-state index is 0.294. The van der Waals surface area contributed by atoms with E-state index in [-0.39, 0.29) is 5.97 Å². The smallest absolute Gasteiger partial charge is 0.338 e. The molecule has 1 aromatic carbocycles. The van der Waals surface area contributed by atoms with E-state index in [1.54, 1.807) is 19.1 Å². The summed E-state index contributed by atoms with van der Waals surface area (Å²) in [4.78, 5) is 11.3. The van der Waals surface area contributed by atoms with Crippen LogP contribution in [0, 0.1) is 11.8 Å². The minimum Gasteiger partial charge on any atom is -0.462 e. The number of benzene rings is 1. The van der Waals surface area contributed by atoms with E-state index in [1.165, 1.54) is 0 Å². The molecule has 84 valence electrons. The predicted octanol–water partition coefficient (Wildman–Crippen LogP) is 1.43. The van der Waals surface area contributed by atoms with Crippen LogP contribution in [0.5, 0.6) is 0 Å². The monoisotopic (exact) mass is 217 g/mol. The average molecular weight is 217 g/mol. The fourth-order valence-electron chi connectivity index (χ4n) is 1.14. The molecule has 0 amide bonds. The third kappa shape index (κ3) is 3.76. The van der Waals surface area contributed by atoms with E-state index in [4.69, 9.17) is 4.74 Å². The number of nitrogens with one attached hydrogen (secondary N) is 1. The zero-order valence-corrected chi connectivity index (χ0v) is 9.54. The highest BCUT2D eigenvalue weighted by Gasteiger charge is 2.04. The van der Waals surface area contributed by atoms with E-state index >= 15 is 0 Å². The van der Waals surface area contributed by atoms with Gasteiger partial charge in [0.25, 0.3) is 0 Å². The SMILES string of the molecule is CCOC(=O)c1ccc(C#CCNC)cc1. The summed E-state index contributed by atoms with van der Waals surface area (Å²) in [6.45, 7) is 2.83. The number of carbonyl (C=O) groups is 1. The molecular weight excluding hydrogens is 202 g/mol. The Bertz CT molecular complexity index is 398. The molecule has 0 aliphatic rings. The van der Waals surface area contributed by atoms with Gasteiger partial charge in [0.15, 0.2) is 0 Å². The van der Waals surface area contributed by atoms with Gasteiger partial charge >= 0.3 is 5.97 Å².